The quantitative estimate of drug-likeness (QED) is 0.0666. The van der Waals surface area contributed by atoms with Crippen molar-refractivity contribution in [2.75, 3.05) is 56.9 Å². The van der Waals surface area contributed by atoms with Crippen molar-refractivity contribution in [3.05, 3.63) is 102 Å². The number of hydrogen-bond acceptors (Lipinski definition) is 26. The molecule has 32 heteroatoms. The van der Waals surface area contributed by atoms with Crippen molar-refractivity contribution >= 4 is 76.5 Å². The molecule has 3 aromatic heterocycles. The third-order valence-corrected chi connectivity index (χ3v) is 13.8. The summed E-state index contributed by atoms with van der Waals surface area (Å²) in [5.74, 6) is 1.46. The monoisotopic (exact) mass is 1140 g/mol. The Kier molecular flexibility index (Phi) is 23.7. The molecule has 0 radical (unpaired) electrons. The van der Waals surface area contributed by atoms with Gasteiger partial charge in [-0.15, -0.1) is 66.3 Å². The summed E-state index contributed by atoms with van der Waals surface area (Å²) in [4.78, 5) is 91.3. The number of rotatable bonds is 17. The molecule has 0 aromatic carbocycles. The topological polar surface area (TPSA) is 342 Å². The van der Waals surface area contributed by atoms with Gasteiger partial charge in [0.15, 0.2) is 36.7 Å². The molecule has 2 N–H and O–H groups in total. The van der Waals surface area contributed by atoms with Gasteiger partial charge in [0.2, 0.25) is 0 Å². The molecule has 9 heterocycles. The van der Waals surface area contributed by atoms with Crippen molar-refractivity contribution in [1.82, 2.24) is 9.97 Å². The van der Waals surface area contributed by atoms with E-state index in [2.05, 4.69) is 29.5 Å². The number of carbonyl (C=O) groups is 3. The van der Waals surface area contributed by atoms with Crippen LogP contribution in [-0.2, 0) is 52.4 Å². The van der Waals surface area contributed by atoms with Gasteiger partial charge in [0.25, 0.3) is 25.5 Å². The number of thioether (sulfide) groups is 3. The summed E-state index contributed by atoms with van der Waals surface area (Å²) in [5, 5.41) is 39.2. The van der Waals surface area contributed by atoms with E-state index in [1.54, 1.807) is 55.0 Å². The number of carbonyl (C=O) groups excluding carboxylic acids is 3. The lowest BCUT2D eigenvalue weighted by atomic mass is 10.1. The summed E-state index contributed by atoms with van der Waals surface area (Å²) in [6.07, 6.45) is -2.63. The van der Waals surface area contributed by atoms with E-state index < -0.39 is 106 Å². The molecule has 0 bridgehead atoms. The highest BCUT2D eigenvalue weighted by Gasteiger charge is 2.53. The standard InChI is InChI=1S/2C14H16N2O7S.C8H8ClNOS.C6H9NO6.ClH/c2*1-2-24-13-8(4-3-5-15-13)14(17)22-9-6-20-12-10(23-16(18)19)7-21-11(9)12;1-2-12-8-6(7(9)11)4-3-5-10-8;8-3-1-11-6-4(13-7(9)10)2-12-5(3)6;/h2*3-5,9-12H,2,6-7H2,1H3;3-5H,2H2,1H3;3-6,8H,1-2H2;1H/p+1/t2*9-,10+,11-,12-;;3-,4+,5-,6-;/m11.1./s1. The Morgan fingerprint density at radius 1 is 0.608 bits per heavy atom. The Hall–Kier alpha value is -4.99. The molecule has 6 saturated heterocycles. The van der Waals surface area contributed by atoms with Crippen LogP contribution in [0.2, 0.25) is 0 Å². The zero-order valence-corrected chi connectivity index (χ0v) is 43.4. The van der Waals surface area contributed by atoms with E-state index in [-0.39, 0.29) is 52.0 Å². The first-order chi connectivity index (χ1) is 35.1. The highest BCUT2D eigenvalue weighted by atomic mass is 35.5. The average molecular weight is 1140 g/mol. The SMILES string of the molecule is CCSc1[nH+]cccc1C(=O)O[C@@H]1CO[C@H]2[C@@H]1OC[C@@H]2O[N+](=O)[O-].CCSc1ncccc1C(=O)Cl.CCSc1ncccc1C(=O)O[C@@H]1CO[C@H]2[C@@H]1OC[C@@H]2O[N+](=O)[O-].Cl.O=[N+]([O-])O[C@H]1CO[C@H]2[C@@H]1OC[C@H]2O. The highest BCUT2D eigenvalue weighted by molar-refractivity contribution is 7.99. The van der Waals surface area contributed by atoms with Crippen LogP contribution >= 0.6 is 59.3 Å². The zero-order valence-electron chi connectivity index (χ0n) is 39.3. The second-order valence-corrected chi connectivity index (χ2v) is 19.7. The molecule has 9 rings (SSSR count). The molecule has 6 fully saturated rings. The van der Waals surface area contributed by atoms with E-state index in [1.165, 1.54) is 35.3 Å². The second kappa shape index (κ2) is 29.3. The summed E-state index contributed by atoms with van der Waals surface area (Å²) in [5.41, 5.74) is 1.30. The maximum absolute atomic E-state index is 12.4. The van der Waals surface area contributed by atoms with Crippen LogP contribution in [0.4, 0.5) is 0 Å². The molecule has 74 heavy (non-hydrogen) atoms. The van der Waals surface area contributed by atoms with Gasteiger partial charge in [0, 0.05) is 24.2 Å². The van der Waals surface area contributed by atoms with Crippen LogP contribution in [0, 0.1) is 30.3 Å². The number of esters is 2. The molecule has 12 atom stereocenters. The van der Waals surface area contributed by atoms with Crippen LogP contribution in [0.15, 0.2) is 70.1 Å². The lowest BCUT2D eigenvalue weighted by Gasteiger charge is -2.17. The van der Waals surface area contributed by atoms with E-state index in [1.807, 2.05) is 20.8 Å². The Balaban J connectivity index is 0.000000190. The Bertz CT molecular complexity index is 2290. The highest BCUT2D eigenvalue weighted by Crippen LogP contribution is 2.34. The predicted molar refractivity (Wildman–Crippen MR) is 257 cm³/mol. The molecule has 6 aliphatic heterocycles. The van der Waals surface area contributed by atoms with Gasteiger partial charge >= 0.3 is 11.9 Å². The van der Waals surface area contributed by atoms with Crippen LogP contribution in [0.25, 0.3) is 0 Å². The summed E-state index contributed by atoms with van der Waals surface area (Å²) < 4.78 is 43.1. The number of H-pyrrole nitrogens is 1. The summed E-state index contributed by atoms with van der Waals surface area (Å²) in [6.45, 7) is 6.46. The lowest BCUT2D eigenvalue weighted by molar-refractivity contribution is -0.769. The number of aromatic nitrogens is 3. The van der Waals surface area contributed by atoms with Crippen LogP contribution < -0.4 is 4.98 Å². The van der Waals surface area contributed by atoms with Gasteiger partial charge in [-0.2, -0.15) is 0 Å². The van der Waals surface area contributed by atoms with Gasteiger partial charge < -0.3 is 57.5 Å². The number of aliphatic hydroxyl groups is 1. The fourth-order valence-corrected chi connectivity index (χ4v) is 10.3. The predicted octanol–water partition coefficient (Wildman–Crippen LogP) is 3.32. The van der Waals surface area contributed by atoms with Gasteiger partial charge in [-0.1, -0.05) is 32.5 Å². The second-order valence-electron chi connectivity index (χ2n) is 15.5. The van der Waals surface area contributed by atoms with Crippen molar-refractivity contribution in [2.45, 2.75) is 109 Å². The molecule has 0 saturated carbocycles. The van der Waals surface area contributed by atoms with Gasteiger partial charge in [-0.05, 0) is 53.4 Å². The molecule has 6 aliphatic rings. The third-order valence-electron chi connectivity index (χ3n) is 11.0. The minimum absolute atomic E-state index is 0. The van der Waals surface area contributed by atoms with Crippen molar-refractivity contribution in [3.63, 3.8) is 0 Å². The van der Waals surface area contributed by atoms with Crippen LogP contribution in [0.3, 0.4) is 0 Å². The Morgan fingerprint density at radius 2 is 0.986 bits per heavy atom. The largest absolute Gasteiger partial charge is 0.453 e. The fourth-order valence-electron chi connectivity index (χ4n) is 7.95. The van der Waals surface area contributed by atoms with Gasteiger partial charge in [-0.3, -0.25) is 4.79 Å². The van der Waals surface area contributed by atoms with Gasteiger partial charge in [0.05, 0.1) is 50.8 Å². The first-order valence-corrected chi connectivity index (χ1v) is 25.7. The van der Waals surface area contributed by atoms with E-state index in [0.29, 0.717) is 26.7 Å². The summed E-state index contributed by atoms with van der Waals surface area (Å²) in [6, 6.07) is 10.1. The van der Waals surface area contributed by atoms with Gasteiger partial charge in [-0.25, -0.2) is 24.5 Å². The summed E-state index contributed by atoms with van der Waals surface area (Å²) in [7, 11) is 0. The maximum Gasteiger partial charge on any atom is 0.346 e. The van der Waals surface area contributed by atoms with E-state index >= 15 is 0 Å². The van der Waals surface area contributed by atoms with Gasteiger partial charge in [0.1, 0.15) is 58.3 Å². The number of aromatic amines is 1. The van der Waals surface area contributed by atoms with Crippen LogP contribution in [0.5, 0.6) is 0 Å². The first kappa shape index (κ1) is 59.9. The Morgan fingerprint density at radius 3 is 1.45 bits per heavy atom. The van der Waals surface area contributed by atoms with E-state index in [0.717, 1.165) is 22.3 Å². The molecular weight excluding hydrogens is 1090 g/mol. The molecule has 0 unspecified atom stereocenters. The number of nitrogens with one attached hydrogen (secondary N) is 1. The van der Waals surface area contributed by atoms with E-state index in [4.69, 9.17) is 49.5 Å². The molecule has 406 valence electrons. The van der Waals surface area contributed by atoms with Crippen LogP contribution in [0.1, 0.15) is 51.8 Å². The van der Waals surface area contributed by atoms with Crippen molar-refractivity contribution in [1.29, 1.82) is 0 Å². The number of aliphatic hydroxyl groups excluding tert-OH is 1. The van der Waals surface area contributed by atoms with Crippen molar-refractivity contribution in [3.8, 4) is 0 Å². The third kappa shape index (κ3) is 16.0. The first-order valence-electron chi connectivity index (χ1n) is 22.4. The molecule has 0 aliphatic carbocycles. The minimum Gasteiger partial charge on any atom is -0.453 e. The average Bonchev–Trinajstić information content (AvgIpc) is 4.23. The number of halogens is 2. The number of fused-ring (bicyclic) bond motifs is 3. The number of pyridine rings is 3. The zero-order chi connectivity index (χ0) is 52.6. The van der Waals surface area contributed by atoms with Crippen LogP contribution in [-0.4, -0.2) is 178 Å². The maximum atomic E-state index is 12.4. The Labute approximate surface area is 444 Å². The van der Waals surface area contributed by atoms with Crippen molar-refractivity contribution < 1.29 is 92.1 Å². The van der Waals surface area contributed by atoms with Crippen molar-refractivity contribution in [2.24, 2.45) is 0 Å². The molecule has 3 aromatic rings. The summed E-state index contributed by atoms with van der Waals surface area (Å²) >= 11 is 9.81. The fraction of sp³-hybridized carbons (Fsp3) is 0.571. The normalized spacial score (nSPS) is 27.6. The minimum atomic E-state index is -0.872. The number of hydrogen-bond donors (Lipinski definition) is 1. The smallest absolute Gasteiger partial charge is 0.346 e. The molecule has 27 nitrogen and oxygen atoms in total. The van der Waals surface area contributed by atoms with E-state index in [9.17, 15) is 49.8 Å². The molecular formula is C42H51Cl2N6O21S3+. The molecule has 0 spiro atoms. The number of nitrogens with zero attached hydrogens (tertiary/aromatic N) is 5. The lowest BCUT2D eigenvalue weighted by Crippen LogP contribution is -2.36. The number of ether oxygens (including phenoxy) is 8. The molecule has 0 amide bonds.